The first-order chi connectivity index (χ1) is 5.41. The van der Waals surface area contributed by atoms with E-state index in [1.54, 1.807) is 0 Å². The molecule has 0 N–H and O–H groups in total. The van der Waals surface area contributed by atoms with Crippen LogP contribution in [0.2, 0.25) is 0 Å². The molecule has 0 rings (SSSR count). The molecule has 0 aliphatic heterocycles. The molecule has 11 heavy (non-hydrogen) atoms. The Morgan fingerprint density at radius 2 is 1.82 bits per heavy atom. The molecule has 0 saturated heterocycles. The second-order valence-electron chi connectivity index (χ2n) is 2.74. The van der Waals surface area contributed by atoms with Crippen molar-refractivity contribution in [2.45, 2.75) is 46.0 Å². The zero-order chi connectivity index (χ0) is 8.36. The number of unbranched alkanes of at least 4 members (excludes halogenated alkanes) is 3. The fourth-order valence-electron chi connectivity index (χ4n) is 0.754. The van der Waals surface area contributed by atoms with Gasteiger partial charge in [0.25, 0.3) is 0 Å². The predicted molar refractivity (Wildman–Crippen MR) is 56.0 cm³/mol. The van der Waals surface area contributed by atoms with E-state index in [-0.39, 0.29) is 0 Å². The highest BCUT2D eigenvalue weighted by Gasteiger charge is 1.81. The Balaban J connectivity index is 2.91. The number of hydrogen-bond donors (Lipinski definition) is 0. The van der Waals surface area contributed by atoms with Gasteiger partial charge in [0.1, 0.15) is 0 Å². The highest BCUT2D eigenvalue weighted by atomic mass is 32.2. The molecule has 0 aliphatic rings. The summed E-state index contributed by atoms with van der Waals surface area (Å²) in [4.78, 5) is 0. The van der Waals surface area contributed by atoms with Crippen molar-refractivity contribution in [1.29, 1.82) is 0 Å². The van der Waals surface area contributed by atoms with Gasteiger partial charge in [0.05, 0.1) is 0 Å². The largest absolute Gasteiger partial charge is 0.134 e. The zero-order valence-electron chi connectivity index (χ0n) is 7.81. The molecule has 0 aromatic heterocycles. The standard InChI is InChI=1S/C10H20S/c1-3-5-7-8-10-11-9-6-4-2/h8,10H,3-7,9H2,1-2H3/b10-8-. The first kappa shape index (κ1) is 11.1. The van der Waals surface area contributed by atoms with Gasteiger partial charge in [-0.3, -0.25) is 0 Å². The molecule has 0 aromatic rings. The summed E-state index contributed by atoms with van der Waals surface area (Å²) in [5, 5.41) is 2.26. The molecule has 0 unspecified atom stereocenters. The molecule has 0 aliphatic carbocycles. The minimum Gasteiger partial charge on any atom is -0.134 e. The van der Waals surface area contributed by atoms with Crippen molar-refractivity contribution in [3.8, 4) is 0 Å². The molecule has 0 saturated carbocycles. The second-order valence-corrected chi connectivity index (χ2v) is 3.75. The summed E-state index contributed by atoms with van der Waals surface area (Å²) in [6, 6.07) is 0. The molecule has 0 nitrogen and oxygen atoms in total. The lowest BCUT2D eigenvalue weighted by atomic mass is 10.2. The lowest BCUT2D eigenvalue weighted by molar-refractivity contribution is 0.815. The van der Waals surface area contributed by atoms with E-state index in [1.807, 2.05) is 11.8 Å². The van der Waals surface area contributed by atoms with Crippen LogP contribution in [0.15, 0.2) is 11.5 Å². The summed E-state index contributed by atoms with van der Waals surface area (Å²) in [5.74, 6) is 1.29. The van der Waals surface area contributed by atoms with Crippen LogP contribution in [0.4, 0.5) is 0 Å². The Morgan fingerprint density at radius 3 is 2.45 bits per heavy atom. The Hall–Kier alpha value is 0.0900. The first-order valence-corrected chi connectivity index (χ1v) is 5.73. The van der Waals surface area contributed by atoms with Gasteiger partial charge in [-0.1, -0.05) is 39.2 Å². The van der Waals surface area contributed by atoms with Gasteiger partial charge in [0.15, 0.2) is 0 Å². The third-order valence-electron chi connectivity index (χ3n) is 1.53. The third kappa shape index (κ3) is 10.1. The van der Waals surface area contributed by atoms with Gasteiger partial charge in [0.2, 0.25) is 0 Å². The highest BCUT2D eigenvalue weighted by Crippen LogP contribution is 2.07. The van der Waals surface area contributed by atoms with Crippen LogP contribution in [-0.4, -0.2) is 5.75 Å². The van der Waals surface area contributed by atoms with Crippen LogP contribution >= 0.6 is 11.8 Å². The van der Waals surface area contributed by atoms with Gasteiger partial charge in [-0.2, -0.15) is 0 Å². The Kier molecular flexibility index (Phi) is 10.2. The number of rotatable bonds is 7. The Labute approximate surface area is 75.5 Å². The van der Waals surface area contributed by atoms with Crippen molar-refractivity contribution in [1.82, 2.24) is 0 Å². The number of thioether (sulfide) groups is 1. The maximum atomic E-state index is 2.30. The maximum Gasteiger partial charge on any atom is -0.00262 e. The summed E-state index contributed by atoms with van der Waals surface area (Å²) < 4.78 is 0. The molecule has 0 bridgehead atoms. The van der Waals surface area contributed by atoms with Crippen LogP contribution in [-0.2, 0) is 0 Å². The van der Waals surface area contributed by atoms with E-state index in [9.17, 15) is 0 Å². The van der Waals surface area contributed by atoms with Crippen molar-refractivity contribution in [3.05, 3.63) is 11.5 Å². The molecular formula is C10H20S. The molecule has 0 amide bonds. The van der Waals surface area contributed by atoms with Crippen LogP contribution in [0.25, 0.3) is 0 Å². The highest BCUT2D eigenvalue weighted by molar-refractivity contribution is 8.02. The minimum absolute atomic E-state index is 1.26. The van der Waals surface area contributed by atoms with E-state index in [0.29, 0.717) is 0 Å². The van der Waals surface area contributed by atoms with Crippen LogP contribution in [0.1, 0.15) is 46.0 Å². The van der Waals surface area contributed by atoms with Crippen molar-refractivity contribution < 1.29 is 0 Å². The van der Waals surface area contributed by atoms with Crippen LogP contribution < -0.4 is 0 Å². The van der Waals surface area contributed by atoms with E-state index in [0.717, 1.165) is 0 Å². The van der Waals surface area contributed by atoms with Crippen molar-refractivity contribution in [2.24, 2.45) is 0 Å². The van der Waals surface area contributed by atoms with Crippen LogP contribution in [0.3, 0.4) is 0 Å². The molecule has 0 radical (unpaired) electrons. The fourth-order valence-corrected chi connectivity index (χ4v) is 1.62. The Bertz CT molecular complexity index is 86.9. The molecule has 0 heterocycles. The van der Waals surface area contributed by atoms with E-state index in [1.165, 1.54) is 37.9 Å². The Morgan fingerprint density at radius 1 is 1.09 bits per heavy atom. The summed E-state index contributed by atoms with van der Waals surface area (Å²) in [6.45, 7) is 4.47. The van der Waals surface area contributed by atoms with Crippen LogP contribution in [0, 0.1) is 0 Å². The van der Waals surface area contributed by atoms with Gasteiger partial charge in [-0.05, 0) is 24.0 Å². The molecule has 0 aromatic carbocycles. The van der Waals surface area contributed by atoms with Crippen LogP contribution in [0.5, 0.6) is 0 Å². The molecule has 0 spiro atoms. The smallest absolute Gasteiger partial charge is 0.00262 e. The lowest BCUT2D eigenvalue weighted by Crippen LogP contribution is -1.72. The third-order valence-corrected chi connectivity index (χ3v) is 2.44. The van der Waals surface area contributed by atoms with Gasteiger partial charge >= 0.3 is 0 Å². The molecular weight excluding hydrogens is 152 g/mol. The SMILES string of the molecule is CCCC/C=C\SCCCC. The zero-order valence-corrected chi connectivity index (χ0v) is 8.62. The average molecular weight is 172 g/mol. The van der Waals surface area contributed by atoms with E-state index in [4.69, 9.17) is 0 Å². The van der Waals surface area contributed by atoms with Crippen molar-refractivity contribution >= 4 is 11.8 Å². The summed E-state index contributed by atoms with van der Waals surface area (Å²) in [6.07, 6.45) is 8.87. The summed E-state index contributed by atoms with van der Waals surface area (Å²) >= 11 is 1.95. The van der Waals surface area contributed by atoms with E-state index in [2.05, 4.69) is 25.3 Å². The van der Waals surface area contributed by atoms with Gasteiger partial charge in [-0.15, -0.1) is 11.8 Å². The fraction of sp³-hybridized carbons (Fsp3) is 0.800. The normalized spacial score (nSPS) is 11.1. The monoisotopic (exact) mass is 172 g/mol. The summed E-state index contributed by atoms with van der Waals surface area (Å²) in [7, 11) is 0. The number of hydrogen-bond acceptors (Lipinski definition) is 1. The molecule has 0 atom stereocenters. The quantitative estimate of drug-likeness (QED) is 0.518. The molecule has 66 valence electrons. The molecule has 0 fully saturated rings. The van der Waals surface area contributed by atoms with Gasteiger partial charge in [-0.25, -0.2) is 0 Å². The topological polar surface area (TPSA) is 0 Å². The predicted octanol–water partition coefficient (Wildman–Crippen LogP) is 4.22. The van der Waals surface area contributed by atoms with Crippen molar-refractivity contribution in [3.63, 3.8) is 0 Å². The number of allylic oxidation sites excluding steroid dienone is 1. The second kappa shape index (κ2) is 10.1. The average Bonchev–Trinajstić information content (AvgIpc) is 2.03. The van der Waals surface area contributed by atoms with E-state index >= 15 is 0 Å². The van der Waals surface area contributed by atoms with E-state index < -0.39 is 0 Å². The molecule has 1 heteroatoms. The first-order valence-electron chi connectivity index (χ1n) is 4.68. The maximum absolute atomic E-state index is 2.30. The van der Waals surface area contributed by atoms with Gasteiger partial charge in [0, 0.05) is 0 Å². The lowest BCUT2D eigenvalue weighted by Gasteiger charge is -1.91. The summed E-state index contributed by atoms with van der Waals surface area (Å²) in [5.41, 5.74) is 0. The van der Waals surface area contributed by atoms with Crippen molar-refractivity contribution in [2.75, 3.05) is 5.75 Å². The van der Waals surface area contributed by atoms with Gasteiger partial charge < -0.3 is 0 Å². The minimum atomic E-state index is 1.26.